The Morgan fingerprint density at radius 2 is 1.88 bits per heavy atom. The van der Waals surface area contributed by atoms with E-state index in [1.54, 1.807) is 18.2 Å². The van der Waals surface area contributed by atoms with Crippen molar-refractivity contribution in [1.29, 1.82) is 0 Å². The van der Waals surface area contributed by atoms with Gasteiger partial charge in [0.2, 0.25) is 5.91 Å². The number of nitrogens with one attached hydrogen (secondary N) is 1. The van der Waals surface area contributed by atoms with Crippen LogP contribution in [0.5, 0.6) is 0 Å². The summed E-state index contributed by atoms with van der Waals surface area (Å²) in [5.41, 5.74) is 0.843. The predicted molar refractivity (Wildman–Crippen MR) is 93.6 cm³/mol. The van der Waals surface area contributed by atoms with Crippen molar-refractivity contribution in [3.63, 3.8) is 0 Å². The number of nitrogens with zero attached hydrogens (tertiary/aromatic N) is 1. The smallest absolute Gasteiger partial charge is 0.302 e. The van der Waals surface area contributed by atoms with Gasteiger partial charge in [-0.25, -0.2) is 0 Å². The molecule has 26 heavy (non-hydrogen) atoms. The van der Waals surface area contributed by atoms with Crippen molar-refractivity contribution in [2.75, 3.05) is 18.5 Å². The summed E-state index contributed by atoms with van der Waals surface area (Å²) in [5.74, 6) is -1.53. The van der Waals surface area contributed by atoms with Crippen molar-refractivity contribution in [2.24, 2.45) is 5.92 Å². The molecule has 0 bridgehead atoms. The fourth-order valence-corrected chi connectivity index (χ4v) is 3.52. The minimum Gasteiger partial charge on any atom is -0.464 e. The number of carbonyl (C=O) groups excluding carboxylic acids is 4. The molecule has 7 nitrogen and oxygen atoms in total. The van der Waals surface area contributed by atoms with Gasteiger partial charge in [-0.2, -0.15) is 0 Å². The molecule has 1 aromatic carbocycles. The lowest BCUT2D eigenvalue weighted by molar-refractivity contribution is -0.141. The third kappa shape index (κ3) is 3.61. The first-order valence-corrected chi connectivity index (χ1v) is 8.92. The molecule has 1 aliphatic heterocycles. The molecule has 0 aromatic heterocycles. The Hall–Kier alpha value is -2.70. The monoisotopic (exact) mass is 358 g/mol. The first kappa shape index (κ1) is 18.1. The molecule has 2 aliphatic rings. The quantitative estimate of drug-likeness (QED) is 0.644. The zero-order valence-electron chi connectivity index (χ0n) is 14.7. The van der Waals surface area contributed by atoms with E-state index in [2.05, 4.69) is 5.32 Å². The number of rotatable bonds is 5. The molecule has 1 fully saturated rings. The van der Waals surface area contributed by atoms with Gasteiger partial charge in [-0.1, -0.05) is 25.3 Å². The molecule has 0 atom stereocenters. The average molecular weight is 358 g/mol. The molecule has 1 heterocycles. The van der Waals surface area contributed by atoms with Crippen LogP contribution in [0.1, 0.15) is 59.7 Å². The standard InChI is InChI=1S/C19H22N2O5/c1-12(22)26-11-10-21-18(24)14-8-5-9-15(16(14)19(21)25)20-17(23)13-6-3-2-4-7-13/h5,8-9,13H,2-4,6-7,10-11H2,1H3,(H,20,23). The maximum absolute atomic E-state index is 12.7. The number of carbonyl (C=O) groups is 4. The number of hydrogen-bond donors (Lipinski definition) is 1. The number of benzene rings is 1. The summed E-state index contributed by atoms with van der Waals surface area (Å²) in [6.45, 7) is 1.20. The number of esters is 1. The summed E-state index contributed by atoms with van der Waals surface area (Å²) in [6.07, 6.45) is 4.91. The number of hydrogen-bond acceptors (Lipinski definition) is 5. The van der Waals surface area contributed by atoms with E-state index in [9.17, 15) is 19.2 Å². The van der Waals surface area contributed by atoms with Crippen LogP contribution >= 0.6 is 0 Å². The van der Waals surface area contributed by atoms with Gasteiger partial charge in [0.1, 0.15) is 6.61 Å². The Morgan fingerprint density at radius 3 is 2.58 bits per heavy atom. The van der Waals surface area contributed by atoms with Crippen molar-refractivity contribution < 1.29 is 23.9 Å². The highest BCUT2D eigenvalue weighted by Gasteiger charge is 2.38. The van der Waals surface area contributed by atoms with E-state index in [1.807, 2.05) is 0 Å². The molecular weight excluding hydrogens is 336 g/mol. The molecule has 1 aliphatic carbocycles. The minimum atomic E-state index is -0.475. The topological polar surface area (TPSA) is 92.8 Å². The average Bonchev–Trinajstić information content (AvgIpc) is 2.88. The van der Waals surface area contributed by atoms with Crippen LogP contribution in [0.15, 0.2) is 18.2 Å². The van der Waals surface area contributed by atoms with E-state index in [1.165, 1.54) is 6.92 Å². The summed E-state index contributed by atoms with van der Waals surface area (Å²) in [5, 5.41) is 2.83. The van der Waals surface area contributed by atoms with Crippen LogP contribution < -0.4 is 5.32 Å². The maximum Gasteiger partial charge on any atom is 0.302 e. The Labute approximate surface area is 151 Å². The number of ether oxygens (including phenoxy) is 1. The highest BCUT2D eigenvalue weighted by molar-refractivity contribution is 6.24. The number of anilines is 1. The van der Waals surface area contributed by atoms with Crippen molar-refractivity contribution in [1.82, 2.24) is 4.90 Å². The van der Waals surface area contributed by atoms with Crippen LogP contribution in [0, 0.1) is 5.92 Å². The lowest BCUT2D eigenvalue weighted by Gasteiger charge is -2.21. The van der Waals surface area contributed by atoms with Crippen molar-refractivity contribution in [3.8, 4) is 0 Å². The molecule has 3 rings (SSSR count). The molecule has 3 amide bonds. The van der Waals surface area contributed by atoms with E-state index in [0.717, 1.165) is 37.0 Å². The Balaban J connectivity index is 1.76. The summed E-state index contributed by atoms with van der Waals surface area (Å²) in [6, 6.07) is 4.86. The molecule has 0 spiro atoms. The van der Waals surface area contributed by atoms with Gasteiger partial charge in [-0.15, -0.1) is 0 Å². The van der Waals surface area contributed by atoms with Gasteiger partial charge in [-0.3, -0.25) is 24.1 Å². The molecule has 7 heteroatoms. The summed E-state index contributed by atoms with van der Waals surface area (Å²) in [4.78, 5) is 49.6. The fraction of sp³-hybridized carbons (Fsp3) is 0.474. The largest absolute Gasteiger partial charge is 0.464 e. The van der Waals surface area contributed by atoms with Crippen LogP contribution in [-0.2, 0) is 14.3 Å². The maximum atomic E-state index is 12.7. The predicted octanol–water partition coefficient (Wildman–Crippen LogP) is 2.36. The SMILES string of the molecule is CC(=O)OCCN1C(=O)c2cccc(NC(=O)C3CCCCC3)c2C1=O. The molecule has 0 saturated heterocycles. The van der Waals surface area contributed by atoms with E-state index in [4.69, 9.17) is 4.74 Å². The third-order valence-corrected chi connectivity index (χ3v) is 4.85. The molecule has 1 N–H and O–H groups in total. The van der Waals surface area contributed by atoms with Crippen LogP contribution in [0.2, 0.25) is 0 Å². The summed E-state index contributed by atoms with van der Waals surface area (Å²) >= 11 is 0. The van der Waals surface area contributed by atoms with E-state index >= 15 is 0 Å². The van der Waals surface area contributed by atoms with E-state index < -0.39 is 17.8 Å². The number of imide groups is 1. The highest BCUT2D eigenvalue weighted by Crippen LogP contribution is 2.31. The third-order valence-electron chi connectivity index (χ3n) is 4.85. The van der Waals surface area contributed by atoms with Gasteiger partial charge in [0, 0.05) is 12.8 Å². The molecule has 0 unspecified atom stereocenters. The van der Waals surface area contributed by atoms with Crippen LogP contribution in [0.4, 0.5) is 5.69 Å². The van der Waals surface area contributed by atoms with Crippen LogP contribution in [0.3, 0.4) is 0 Å². The van der Waals surface area contributed by atoms with Gasteiger partial charge >= 0.3 is 5.97 Å². The molecule has 0 radical (unpaired) electrons. The van der Waals surface area contributed by atoms with Gasteiger partial charge in [-0.05, 0) is 25.0 Å². The van der Waals surface area contributed by atoms with Crippen molar-refractivity contribution in [2.45, 2.75) is 39.0 Å². The first-order valence-electron chi connectivity index (χ1n) is 8.92. The second-order valence-electron chi connectivity index (χ2n) is 6.65. The molecular formula is C19H22N2O5. The normalized spacial score (nSPS) is 17.2. The van der Waals surface area contributed by atoms with E-state index in [-0.39, 0.29) is 36.1 Å². The van der Waals surface area contributed by atoms with Crippen molar-refractivity contribution >= 4 is 29.4 Å². The van der Waals surface area contributed by atoms with Crippen LogP contribution in [0.25, 0.3) is 0 Å². The minimum absolute atomic E-state index is 0.0120. The van der Waals surface area contributed by atoms with Crippen molar-refractivity contribution in [3.05, 3.63) is 29.3 Å². The zero-order chi connectivity index (χ0) is 18.7. The second-order valence-corrected chi connectivity index (χ2v) is 6.65. The van der Waals surface area contributed by atoms with Crippen LogP contribution in [-0.4, -0.2) is 41.7 Å². The Bertz CT molecular complexity index is 752. The number of fused-ring (bicyclic) bond motifs is 1. The van der Waals surface area contributed by atoms with E-state index in [0.29, 0.717) is 5.69 Å². The Morgan fingerprint density at radius 1 is 1.15 bits per heavy atom. The van der Waals surface area contributed by atoms with Gasteiger partial charge in [0.05, 0.1) is 23.4 Å². The molecule has 1 aromatic rings. The summed E-state index contributed by atoms with van der Waals surface area (Å²) < 4.78 is 4.82. The zero-order valence-corrected chi connectivity index (χ0v) is 14.7. The molecule has 1 saturated carbocycles. The van der Waals surface area contributed by atoms with Gasteiger partial charge in [0.25, 0.3) is 11.8 Å². The van der Waals surface area contributed by atoms with Gasteiger partial charge in [0.15, 0.2) is 0 Å². The lowest BCUT2D eigenvalue weighted by Crippen LogP contribution is -2.33. The highest BCUT2D eigenvalue weighted by atomic mass is 16.5. The Kier molecular flexibility index (Phi) is 5.35. The summed E-state index contributed by atoms with van der Waals surface area (Å²) in [7, 11) is 0. The first-order chi connectivity index (χ1) is 12.5. The fourth-order valence-electron chi connectivity index (χ4n) is 3.52. The molecule has 138 valence electrons. The lowest BCUT2D eigenvalue weighted by atomic mass is 9.88. The second kappa shape index (κ2) is 7.68. The van der Waals surface area contributed by atoms with Gasteiger partial charge < -0.3 is 10.1 Å². The number of amides is 3.